The maximum atomic E-state index is 9.11. The Kier molecular flexibility index (Phi) is 2.42. The summed E-state index contributed by atoms with van der Waals surface area (Å²) >= 11 is 0. The van der Waals surface area contributed by atoms with Gasteiger partial charge in [0.2, 0.25) is 7.41 Å². The largest absolute Gasteiger partial charge is 0.396 e. The number of piperidine rings is 1. The van der Waals surface area contributed by atoms with Gasteiger partial charge < -0.3 is 9.92 Å². The van der Waals surface area contributed by atoms with E-state index in [0.717, 1.165) is 12.1 Å². The third kappa shape index (κ3) is 1.29. The molecular formula is C9H18BNO. The van der Waals surface area contributed by atoms with Gasteiger partial charge in [-0.3, -0.25) is 0 Å². The highest BCUT2D eigenvalue weighted by Crippen LogP contribution is 2.35. The number of rotatable bonds is 2. The average molecular weight is 167 g/mol. The predicted molar refractivity (Wildman–Crippen MR) is 51.5 cm³/mol. The molecule has 2 nitrogen and oxygen atoms in total. The average Bonchev–Trinajstić information content (AvgIpc) is 2.06. The van der Waals surface area contributed by atoms with Crippen molar-refractivity contribution in [3.05, 3.63) is 0 Å². The van der Waals surface area contributed by atoms with Crippen molar-refractivity contribution in [3.63, 3.8) is 0 Å². The molecule has 3 unspecified atom stereocenters. The summed E-state index contributed by atoms with van der Waals surface area (Å²) < 4.78 is 0. The Hall–Kier alpha value is -0.0151. The smallest absolute Gasteiger partial charge is 0.206 e. The van der Waals surface area contributed by atoms with Gasteiger partial charge in [0.25, 0.3) is 0 Å². The van der Waals surface area contributed by atoms with Crippen molar-refractivity contribution in [1.29, 1.82) is 0 Å². The quantitative estimate of drug-likeness (QED) is 0.609. The van der Waals surface area contributed by atoms with E-state index in [1.807, 2.05) is 0 Å². The molecule has 0 bridgehead atoms. The summed E-state index contributed by atoms with van der Waals surface area (Å²) in [5, 5.41) is 9.11. The lowest BCUT2D eigenvalue weighted by molar-refractivity contribution is 0.0759. The second-order valence-electron chi connectivity index (χ2n) is 4.26. The van der Waals surface area contributed by atoms with Crippen LogP contribution in [-0.2, 0) is 0 Å². The van der Waals surface area contributed by atoms with Crippen LogP contribution in [0.4, 0.5) is 0 Å². The van der Waals surface area contributed by atoms with Gasteiger partial charge in [0, 0.05) is 6.61 Å². The van der Waals surface area contributed by atoms with Gasteiger partial charge >= 0.3 is 0 Å². The molecule has 0 amide bonds. The van der Waals surface area contributed by atoms with E-state index in [-0.39, 0.29) is 0 Å². The minimum absolute atomic E-state index is 0.404. The van der Waals surface area contributed by atoms with Crippen molar-refractivity contribution in [2.75, 3.05) is 6.61 Å². The molecule has 0 aromatic rings. The molecule has 12 heavy (non-hydrogen) atoms. The van der Waals surface area contributed by atoms with E-state index in [9.17, 15) is 0 Å². The summed E-state index contributed by atoms with van der Waals surface area (Å²) in [5.41, 5.74) is 0. The highest BCUT2D eigenvalue weighted by molar-refractivity contribution is 6.36. The van der Waals surface area contributed by atoms with Crippen LogP contribution in [0.5, 0.6) is 0 Å². The number of aliphatic hydroxyl groups excluding tert-OH is 1. The molecule has 3 atom stereocenters. The molecule has 2 fully saturated rings. The van der Waals surface area contributed by atoms with Crippen LogP contribution in [0.1, 0.15) is 26.2 Å². The first-order valence-corrected chi connectivity index (χ1v) is 5.21. The highest BCUT2D eigenvalue weighted by Gasteiger charge is 2.39. The first kappa shape index (κ1) is 8.58. The molecule has 2 aliphatic rings. The fraction of sp³-hybridized carbons (Fsp3) is 1.00. The number of nitrogens with zero attached hydrogens (tertiary/aromatic N) is 1. The molecule has 0 aromatic heterocycles. The molecule has 2 rings (SSSR count). The lowest BCUT2D eigenvalue weighted by atomic mass is 9.62. The van der Waals surface area contributed by atoms with Gasteiger partial charge in [-0.1, -0.05) is 6.92 Å². The second kappa shape index (κ2) is 3.39. The molecule has 0 spiro atoms. The summed E-state index contributed by atoms with van der Waals surface area (Å²) in [6.07, 6.45) is 5.09. The summed E-state index contributed by atoms with van der Waals surface area (Å²) in [6.45, 7) is 2.67. The Balaban J connectivity index is 1.95. The lowest BCUT2D eigenvalue weighted by Crippen LogP contribution is -2.59. The van der Waals surface area contributed by atoms with E-state index in [1.54, 1.807) is 0 Å². The SMILES string of the molecule is CCC1CC(CO)CC2CBN12. The summed E-state index contributed by atoms with van der Waals surface area (Å²) in [5.74, 6) is 0.594. The minimum Gasteiger partial charge on any atom is -0.396 e. The third-order valence-electron chi connectivity index (χ3n) is 3.60. The van der Waals surface area contributed by atoms with Crippen molar-refractivity contribution >= 4 is 7.41 Å². The van der Waals surface area contributed by atoms with E-state index in [0.29, 0.717) is 12.5 Å². The molecule has 0 saturated carbocycles. The van der Waals surface area contributed by atoms with Crippen LogP contribution >= 0.6 is 0 Å². The highest BCUT2D eigenvalue weighted by atomic mass is 16.3. The summed E-state index contributed by atoms with van der Waals surface area (Å²) in [4.78, 5) is 2.63. The molecule has 0 aromatic carbocycles. The van der Waals surface area contributed by atoms with Crippen LogP contribution in [-0.4, -0.2) is 36.0 Å². The molecule has 2 aliphatic heterocycles. The van der Waals surface area contributed by atoms with Crippen LogP contribution in [0, 0.1) is 5.92 Å². The summed E-state index contributed by atoms with van der Waals surface area (Å²) in [6, 6.07) is 1.59. The molecule has 0 radical (unpaired) electrons. The normalized spacial score (nSPS) is 41.3. The fourth-order valence-electron chi connectivity index (χ4n) is 2.75. The monoisotopic (exact) mass is 167 g/mol. The van der Waals surface area contributed by atoms with Gasteiger partial charge in [0.05, 0.1) is 0 Å². The van der Waals surface area contributed by atoms with Gasteiger partial charge in [-0.25, -0.2) is 0 Å². The van der Waals surface area contributed by atoms with Gasteiger partial charge in [0.15, 0.2) is 0 Å². The van der Waals surface area contributed by atoms with E-state index in [2.05, 4.69) is 11.7 Å². The van der Waals surface area contributed by atoms with Crippen molar-refractivity contribution in [3.8, 4) is 0 Å². The van der Waals surface area contributed by atoms with Crippen molar-refractivity contribution in [2.45, 2.75) is 44.6 Å². The van der Waals surface area contributed by atoms with Gasteiger partial charge in [-0.15, -0.1) is 0 Å². The summed E-state index contributed by atoms with van der Waals surface area (Å²) in [7, 11) is 1.31. The first-order valence-electron chi connectivity index (χ1n) is 5.21. The van der Waals surface area contributed by atoms with E-state index in [4.69, 9.17) is 5.11 Å². The zero-order valence-corrected chi connectivity index (χ0v) is 7.87. The van der Waals surface area contributed by atoms with E-state index < -0.39 is 0 Å². The Labute approximate surface area is 75.2 Å². The van der Waals surface area contributed by atoms with Crippen LogP contribution < -0.4 is 0 Å². The molecule has 0 aliphatic carbocycles. The molecule has 1 N–H and O–H groups in total. The maximum absolute atomic E-state index is 9.11. The number of hydrogen-bond donors (Lipinski definition) is 1. The Morgan fingerprint density at radius 3 is 2.83 bits per heavy atom. The van der Waals surface area contributed by atoms with Crippen molar-refractivity contribution in [2.24, 2.45) is 5.92 Å². The molecule has 2 heterocycles. The molecule has 68 valence electrons. The fourth-order valence-corrected chi connectivity index (χ4v) is 2.75. The Morgan fingerprint density at radius 1 is 1.50 bits per heavy atom. The topological polar surface area (TPSA) is 23.5 Å². The molecular weight excluding hydrogens is 149 g/mol. The standard InChI is InChI=1S/C9H18BNO/c1-2-8-3-7(6-12)4-9-5-10-11(8)9/h7-10,12H,2-6H2,1H3. The number of fused-ring (bicyclic) bond motifs is 1. The zero-order valence-electron chi connectivity index (χ0n) is 7.87. The maximum Gasteiger partial charge on any atom is 0.206 e. The van der Waals surface area contributed by atoms with Crippen LogP contribution in [0.3, 0.4) is 0 Å². The van der Waals surface area contributed by atoms with Gasteiger partial charge in [-0.05, 0) is 43.6 Å². The van der Waals surface area contributed by atoms with Crippen molar-refractivity contribution < 1.29 is 5.11 Å². The van der Waals surface area contributed by atoms with E-state index in [1.165, 1.54) is 33.0 Å². The van der Waals surface area contributed by atoms with Crippen LogP contribution in [0.25, 0.3) is 0 Å². The van der Waals surface area contributed by atoms with Gasteiger partial charge in [-0.2, -0.15) is 0 Å². The van der Waals surface area contributed by atoms with Crippen LogP contribution in [0.2, 0.25) is 6.32 Å². The third-order valence-corrected chi connectivity index (χ3v) is 3.60. The predicted octanol–water partition coefficient (Wildman–Crippen LogP) is 0.621. The van der Waals surface area contributed by atoms with Crippen LogP contribution in [0.15, 0.2) is 0 Å². The minimum atomic E-state index is 0.404. The molecule has 3 heteroatoms. The Morgan fingerprint density at radius 2 is 2.33 bits per heavy atom. The first-order chi connectivity index (χ1) is 5.85. The second-order valence-corrected chi connectivity index (χ2v) is 4.26. The zero-order chi connectivity index (χ0) is 8.55. The lowest BCUT2D eigenvalue weighted by Gasteiger charge is -2.51. The Bertz CT molecular complexity index is 163. The number of hydrogen-bond acceptors (Lipinski definition) is 2. The van der Waals surface area contributed by atoms with Gasteiger partial charge in [0.1, 0.15) is 0 Å². The van der Waals surface area contributed by atoms with E-state index >= 15 is 0 Å². The molecule has 2 saturated heterocycles. The van der Waals surface area contributed by atoms with Crippen molar-refractivity contribution in [1.82, 2.24) is 4.81 Å². The number of aliphatic hydroxyl groups is 1.